The van der Waals surface area contributed by atoms with E-state index in [1.54, 1.807) is 0 Å². The molecular weight excluding hydrogens is 124 g/mol. The van der Waals surface area contributed by atoms with E-state index in [-0.39, 0.29) is 0 Å². The van der Waals surface area contributed by atoms with Crippen molar-refractivity contribution in [1.82, 2.24) is 0 Å². The van der Waals surface area contributed by atoms with Gasteiger partial charge in [0.05, 0.1) is 0 Å². The van der Waals surface area contributed by atoms with Crippen molar-refractivity contribution in [3.63, 3.8) is 0 Å². The average molecular weight is 142 g/mol. The van der Waals surface area contributed by atoms with Crippen LogP contribution in [0.5, 0.6) is 0 Å². The first kappa shape index (κ1) is 8.06. The van der Waals surface area contributed by atoms with Crippen LogP contribution in [0.25, 0.3) is 0 Å². The summed E-state index contributed by atoms with van der Waals surface area (Å²) < 4.78 is 5.30. The number of rotatable bonds is 4. The fourth-order valence-electron chi connectivity index (χ4n) is 1.44. The van der Waals surface area contributed by atoms with Crippen LogP contribution >= 0.6 is 0 Å². The van der Waals surface area contributed by atoms with Gasteiger partial charge in [0.15, 0.2) is 0 Å². The molecule has 0 N–H and O–H groups in total. The Balaban J connectivity index is 2.03. The molecule has 2 unspecified atom stereocenters. The zero-order chi connectivity index (χ0) is 7.61. The van der Waals surface area contributed by atoms with Crippen LogP contribution in [0, 0.1) is 11.3 Å². The maximum Gasteiger partial charge on any atom is 0.0471 e. The van der Waals surface area contributed by atoms with Crippen LogP contribution < -0.4 is 0 Å². The van der Waals surface area contributed by atoms with Gasteiger partial charge in [-0.2, -0.15) is 0 Å². The molecule has 1 fully saturated rings. The normalized spacial score (nSPS) is 38.1. The second kappa shape index (κ2) is 2.91. The molecule has 0 aromatic carbocycles. The van der Waals surface area contributed by atoms with Gasteiger partial charge in [-0.25, -0.2) is 0 Å². The summed E-state index contributed by atoms with van der Waals surface area (Å²) in [5.74, 6) is 0.938. The molecule has 0 aromatic heterocycles. The lowest BCUT2D eigenvalue weighted by Gasteiger charge is -2.08. The summed E-state index contributed by atoms with van der Waals surface area (Å²) in [4.78, 5) is 0. The minimum Gasteiger partial charge on any atom is -0.382 e. The fourth-order valence-corrected chi connectivity index (χ4v) is 1.44. The summed E-state index contributed by atoms with van der Waals surface area (Å²) in [7, 11) is 0. The molecule has 0 spiro atoms. The van der Waals surface area contributed by atoms with Gasteiger partial charge >= 0.3 is 0 Å². The SMILES string of the molecule is CCOCCC1(C)CC1C. The first-order valence-corrected chi connectivity index (χ1v) is 4.27. The summed E-state index contributed by atoms with van der Waals surface area (Å²) in [6.07, 6.45) is 2.65. The smallest absolute Gasteiger partial charge is 0.0471 e. The molecule has 1 rings (SSSR count). The third-order valence-corrected chi connectivity index (χ3v) is 2.82. The third kappa shape index (κ3) is 1.72. The van der Waals surface area contributed by atoms with Gasteiger partial charge in [0.25, 0.3) is 0 Å². The lowest BCUT2D eigenvalue weighted by Crippen LogP contribution is -2.03. The van der Waals surface area contributed by atoms with Crippen LogP contribution in [-0.2, 0) is 4.74 Å². The molecule has 0 radical (unpaired) electrons. The third-order valence-electron chi connectivity index (χ3n) is 2.82. The molecule has 0 saturated heterocycles. The van der Waals surface area contributed by atoms with E-state index in [0.29, 0.717) is 5.41 Å². The van der Waals surface area contributed by atoms with Crippen molar-refractivity contribution in [3.05, 3.63) is 0 Å². The van der Waals surface area contributed by atoms with Gasteiger partial charge in [0.2, 0.25) is 0 Å². The second-order valence-corrected chi connectivity index (χ2v) is 3.71. The monoisotopic (exact) mass is 142 g/mol. The van der Waals surface area contributed by atoms with Crippen LogP contribution in [0.3, 0.4) is 0 Å². The van der Waals surface area contributed by atoms with Crippen LogP contribution in [0.15, 0.2) is 0 Å². The molecule has 60 valence electrons. The highest BCUT2D eigenvalue weighted by Crippen LogP contribution is 2.54. The zero-order valence-electron chi connectivity index (χ0n) is 7.31. The van der Waals surface area contributed by atoms with Crippen LogP contribution in [0.2, 0.25) is 0 Å². The van der Waals surface area contributed by atoms with E-state index < -0.39 is 0 Å². The van der Waals surface area contributed by atoms with E-state index in [0.717, 1.165) is 19.1 Å². The maximum absolute atomic E-state index is 5.30. The largest absolute Gasteiger partial charge is 0.382 e. The maximum atomic E-state index is 5.30. The molecule has 1 saturated carbocycles. The number of ether oxygens (including phenoxy) is 1. The summed E-state index contributed by atoms with van der Waals surface area (Å²) in [6, 6.07) is 0. The quantitative estimate of drug-likeness (QED) is 0.548. The second-order valence-electron chi connectivity index (χ2n) is 3.71. The van der Waals surface area contributed by atoms with E-state index >= 15 is 0 Å². The van der Waals surface area contributed by atoms with Gasteiger partial charge in [-0.1, -0.05) is 13.8 Å². The molecule has 0 bridgehead atoms. The lowest BCUT2D eigenvalue weighted by atomic mass is 10.0. The molecule has 0 aromatic rings. The summed E-state index contributed by atoms with van der Waals surface area (Å²) in [6.45, 7) is 8.56. The van der Waals surface area contributed by atoms with Crippen LogP contribution in [-0.4, -0.2) is 13.2 Å². The Morgan fingerprint density at radius 2 is 2.20 bits per heavy atom. The number of hydrogen-bond acceptors (Lipinski definition) is 1. The van der Waals surface area contributed by atoms with E-state index in [1.807, 2.05) is 0 Å². The molecule has 0 heterocycles. The van der Waals surface area contributed by atoms with Gasteiger partial charge in [-0.15, -0.1) is 0 Å². The van der Waals surface area contributed by atoms with Gasteiger partial charge in [-0.3, -0.25) is 0 Å². The van der Waals surface area contributed by atoms with E-state index in [4.69, 9.17) is 4.74 Å². The van der Waals surface area contributed by atoms with Crippen LogP contribution in [0.1, 0.15) is 33.6 Å². The van der Waals surface area contributed by atoms with Gasteiger partial charge < -0.3 is 4.74 Å². The Kier molecular flexibility index (Phi) is 2.35. The molecule has 0 aliphatic heterocycles. The van der Waals surface area contributed by atoms with Crippen molar-refractivity contribution in [2.24, 2.45) is 11.3 Å². The first-order valence-electron chi connectivity index (χ1n) is 4.27. The Labute approximate surface area is 63.8 Å². The Morgan fingerprint density at radius 3 is 2.60 bits per heavy atom. The van der Waals surface area contributed by atoms with Crippen molar-refractivity contribution in [3.8, 4) is 0 Å². The first-order chi connectivity index (χ1) is 4.69. The Bertz CT molecular complexity index is 111. The highest BCUT2D eigenvalue weighted by Gasteiger charge is 2.45. The fraction of sp³-hybridized carbons (Fsp3) is 1.00. The Morgan fingerprint density at radius 1 is 1.60 bits per heavy atom. The molecule has 0 amide bonds. The van der Waals surface area contributed by atoms with Gasteiger partial charge in [0.1, 0.15) is 0 Å². The molecule has 1 nitrogen and oxygen atoms in total. The summed E-state index contributed by atoms with van der Waals surface area (Å²) in [5, 5.41) is 0. The summed E-state index contributed by atoms with van der Waals surface area (Å²) >= 11 is 0. The van der Waals surface area contributed by atoms with Crippen molar-refractivity contribution >= 4 is 0 Å². The van der Waals surface area contributed by atoms with E-state index in [1.165, 1.54) is 12.8 Å². The topological polar surface area (TPSA) is 9.23 Å². The molecule has 1 aliphatic carbocycles. The molecule has 1 heteroatoms. The predicted molar refractivity (Wildman–Crippen MR) is 43.0 cm³/mol. The molecule has 2 atom stereocenters. The predicted octanol–water partition coefficient (Wildman–Crippen LogP) is 2.46. The zero-order valence-corrected chi connectivity index (χ0v) is 7.31. The molecular formula is C9H18O. The van der Waals surface area contributed by atoms with E-state index in [9.17, 15) is 0 Å². The lowest BCUT2D eigenvalue weighted by molar-refractivity contribution is 0.129. The standard InChI is InChI=1S/C9H18O/c1-4-10-6-5-9(3)7-8(9)2/h8H,4-7H2,1-3H3. The van der Waals surface area contributed by atoms with Crippen molar-refractivity contribution in [1.29, 1.82) is 0 Å². The molecule has 10 heavy (non-hydrogen) atoms. The number of hydrogen-bond donors (Lipinski definition) is 0. The molecule has 1 aliphatic rings. The minimum atomic E-state index is 0.634. The average Bonchev–Trinajstić information content (AvgIpc) is 2.42. The highest BCUT2D eigenvalue weighted by atomic mass is 16.5. The van der Waals surface area contributed by atoms with Gasteiger partial charge in [0, 0.05) is 13.2 Å². The van der Waals surface area contributed by atoms with Crippen molar-refractivity contribution in [2.75, 3.05) is 13.2 Å². The van der Waals surface area contributed by atoms with Gasteiger partial charge in [-0.05, 0) is 31.1 Å². The Hall–Kier alpha value is -0.0400. The van der Waals surface area contributed by atoms with Crippen molar-refractivity contribution in [2.45, 2.75) is 33.6 Å². The van der Waals surface area contributed by atoms with E-state index in [2.05, 4.69) is 20.8 Å². The summed E-state index contributed by atoms with van der Waals surface area (Å²) in [5.41, 5.74) is 0.634. The van der Waals surface area contributed by atoms with Crippen LogP contribution in [0.4, 0.5) is 0 Å². The highest BCUT2D eigenvalue weighted by molar-refractivity contribution is 4.95. The van der Waals surface area contributed by atoms with Crippen molar-refractivity contribution < 1.29 is 4.74 Å². The minimum absolute atomic E-state index is 0.634.